The highest BCUT2D eigenvalue weighted by Crippen LogP contribution is 2.25. The molecule has 0 bridgehead atoms. The van der Waals surface area contributed by atoms with Crippen LogP contribution in [0.5, 0.6) is 0 Å². The SMILES string of the molecule is CC(=O)N[C@@H]1C(OC(C)(C)C)OC(CO)[C@H](O)C1O. The molecule has 0 aromatic heterocycles. The van der Waals surface area contributed by atoms with E-state index in [1.807, 2.05) is 0 Å². The Labute approximate surface area is 112 Å². The summed E-state index contributed by atoms with van der Waals surface area (Å²) in [6.07, 6.45) is -4.46. The minimum absolute atomic E-state index is 0.371. The molecule has 7 heteroatoms. The number of ether oxygens (including phenoxy) is 2. The molecule has 7 nitrogen and oxygen atoms in total. The molecule has 1 heterocycles. The van der Waals surface area contributed by atoms with Gasteiger partial charge in [0.25, 0.3) is 0 Å². The van der Waals surface area contributed by atoms with Crippen molar-refractivity contribution in [2.45, 2.75) is 63.9 Å². The summed E-state index contributed by atoms with van der Waals surface area (Å²) in [5.41, 5.74) is -0.566. The number of aliphatic hydroxyl groups excluding tert-OH is 3. The highest BCUT2D eigenvalue weighted by Gasteiger charge is 2.46. The Hall–Kier alpha value is -0.730. The van der Waals surface area contributed by atoms with Crippen molar-refractivity contribution in [3.63, 3.8) is 0 Å². The average Bonchev–Trinajstić information content (AvgIpc) is 2.26. The Morgan fingerprint density at radius 1 is 1.32 bits per heavy atom. The largest absolute Gasteiger partial charge is 0.394 e. The summed E-state index contributed by atoms with van der Waals surface area (Å²) >= 11 is 0. The Balaban J connectivity index is 2.89. The van der Waals surface area contributed by atoms with E-state index in [-0.39, 0.29) is 5.91 Å². The number of aliphatic hydroxyl groups is 3. The number of nitrogens with one attached hydrogen (secondary N) is 1. The van der Waals surface area contributed by atoms with E-state index in [0.29, 0.717) is 0 Å². The molecule has 0 aromatic carbocycles. The van der Waals surface area contributed by atoms with Crippen molar-refractivity contribution in [2.24, 2.45) is 0 Å². The van der Waals surface area contributed by atoms with Crippen molar-refractivity contribution in [2.75, 3.05) is 6.61 Å². The molecule has 1 aliphatic heterocycles. The van der Waals surface area contributed by atoms with Crippen LogP contribution in [0.4, 0.5) is 0 Å². The van der Waals surface area contributed by atoms with Crippen molar-refractivity contribution in [1.29, 1.82) is 0 Å². The van der Waals surface area contributed by atoms with Gasteiger partial charge in [-0.3, -0.25) is 4.79 Å². The summed E-state index contributed by atoms with van der Waals surface area (Å²) in [5.74, 6) is -0.371. The molecule has 1 saturated heterocycles. The third-order valence-electron chi connectivity index (χ3n) is 2.72. The number of carbonyl (C=O) groups excluding carboxylic acids is 1. The van der Waals surface area contributed by atoms with E-state index in [0.717, 1.165) is 0 Å². The van der Waals surface area contributed by atoms with E-state index in [1.54, 1.807) is 20.8 Å². The average molecular weight is 277 g/mol. The van der Waals surface area contributed by atoms with Gasteiger partial charge >= 0.3 is 0 Å². The van der Waals surface area contributed by atoms with E-state index >= 15 is 0 Å². The molecule has 0 radical (unpaired) electrons. The molecule has 112 valence electrons. The van der Waals surface area contributed by atoms with Gasteiger partial charge in [0.15, 0.2) is 6.29 Å². The topological polar surface area (TPSA) is 108 Å². The minimum Gasteiger partial charge on any atom is -0.394 e. The van der Waals surface area contributed by atoms with E-state index in [4.69, 9.17) is 14.6 Å². The van der Waals surface area contributed by atoms with Gasteiger partial charge < -0.3 is 30.1 Å². The lowest BCUT2D eigenvalue weighted by atomic mass is 9.96. The molecule has 1 amide bonds. The summed E-state index contributed by atoms with van der Waals surface area (Å²) in [6.45, 7) is 6.24. The van der Waals surface area contributed by atoms with Crippen molar-refractivity contribution in [3.05, 3.63) is 0 Å². The summed E-state index contributed by atoms with van der Waals surface area (Å²) in [7, 11) is 0. The van der Waals surface area contributed by atoms with Gasteiger partial charge in [-0.25, -0.2) is 0 Å². The van der Waals surface area contributed by atoms with E-state index in [9.17, 15) is 15.0 Å². The fraction of sp³-hybridized carbons (Fsp3) is 0.917. The maximum absolute atomic E-state index is 11.2. The highest BCUT2D eigenvalue weighted by atomic mass is 16.7. The molecule has 19 heavy (non-hydrogen) atoms. The highest BCUT2D eigenvalue weighted by molar-refractivity contribution is 5.73. The van der Waals surface area contributed by atoms with Crippen LogP contribution in [-0.2, 0) is 14.3 Å². The van der Waals surface area contributed by atoms with Crippen LogP contribution < -0.4 is 5.32 Å². The summed E-state index contributed by atoms with van der Waals surface area (Å²) in [6, 6.07) is -0.894. The standard InChI is InChI=1S/C12H23NO6/c1-6(15)13-8-10(17)9(16)7(5-14)18-11(8)19-12(2,3)4/h7-11,14,16-17H,5H2,1-4H3,(H,13,15)/t7?,8-,9-,10?,11?/m0/s1. The number of rotatable bonds is 3. The van der Waals surface area contributed by atoms with Crippen molar-refractivity contribution in [3.8, 4) is 0 Å². The van der Waals surface area contributed by atoms with Gasteiger partial charge in [0.2, 0.25) is 5.91 Å². The molecular formula is C12H23NO6. The molecule has 1 rings (SSSR count). The fourth-order valence-electron chi connectivity index (χ4n) is 1.92. The zero-order valence-electron chi connectivity index (χ0n) is 11.7. The number of hydrogen-bond acceptors (Lipinski definition) is 6. The van der Waals surface area contributed by atoms with Crippen molar-refractivity contribution in [1.82, 2.24) is 5.32 Å². The normalized spacial score (nSPS) is 36.1. The van der Waals surface area contributed by atoms with Crippen LogP contribution in [-0.4, -0.2) is 64.1 Å². The third kappa shape index (κ3) is 4.39. The molecule has 4 N–H and O–H groups in total. The monoisotopic (exact) mass is 277 g/mol. The zero-order chi connectivity index (χ0) is 14.8. The molecule has 5 atom stereocenters. The number of carbonyl (C=O) groups is 1. The first-order valence-electron chi connectivity index (χ1n) is 6.23. The van der Waals surface area contributed by atoms with Gasteiger partial charge in [-0.1, -0.05) is 0 Å². The molecule has 0 aliphatic carbocycles. The first kappa shape index (κ1) is 16.3. The predicted molar refractivity (Wildman–Crippen MR) is 66.2 cm³/mol. The van der Waals surface area contributed by atoms with Crippen LogP contribution in [0.2, 0.25) is 0 Å². The smallest absolute Gasteiger partial charge is 0.217 e. The van der Waals surface area contributed by atoms with E-state index in [2.05, 4.69) is 5.32 Å². The van der Waals surface area contributed by atoms with Crippen LogP contribution in [0.1, 0.15) is 27.7 Å². The zero-order valence-corrected chi connectivity index (χ0v) is 11.7. The maximum Gasteiger partial charge on any atom is 0.217 e. The number of hydrogen-bond donors (Lipinski definition) is 4. The Bertz CT molecular complexity index is 316. The summed E-state index contributed by atoms with van der Waals surface area (Å²) < 4.78 is 11.0. The van der Waals surface area contributed by atoms with Gasteiger partial charge in [-0.05, 0) is 20.8 Å². The second kappa shape index (κ2) is 6.15. The quantitative estimate of drug-likeness (QED) is 0.513. The van der Waals surface area contributed by atoms with Crippen LogP contribution in [0.15, 0.2) is 0 Å². The minimum atomic E-state index is -1.29. The second-order valence-corrected chi connectivity index (χ2v) is 5.66. The lowest BCUT2D eigenvalue weighted by Crippen LogP contribution is -2.65. The predicted octanol–water partition coefficient (Wildman–Crippen LogP) is -1.25. The van der Waals surface area contributed by atoms with Gasteiger partial charge in [-0.2, -0.15) is 0 Å². The van der Waals surface area contributed by atoms with E-state index < -0.39 is 42.9 Å². The van der Waals surface area contributed by atoms with Crippen LogP contribution >= 0.6 is 0 Å². The molecular weight excluding hydrogens is 254 g/mol. The van der Waals surface area contributed by atoms with Gasteiger partial charge in [-0.15, -0.1) is 0 Å². The molecule has 0 aromatic rings. The second-order valence-electron chi connectivity index (χ2n) is 5.66. The molecule has 0 spiro atoms. The van der Waals surface area contributed by atoms with Crippen molar-refractivity contribution >= 4 is 5.91 Å². The van der Waals surface area contributed by atoms with E-state index in [1.165, 1.54) is 6.92 Å². The Morgan fingerprint density at radius 3 is 2.32 bits per heavy atom. The Morgan fingerprint density at radius 2 is 1.89 bits per heavy atom. The maximum atomic E-state index is 11.2. The summed E-state index contributed by atoms with van der Waals surface area (Å²) in [4.78, 5) is 11.2. The third-order valence-corrected chi connectivity index (χ3v) is 2.72. The lowest BCUT2D eigenvalue weighted by molar-refractivity contribution is -0.292. The molecule has 0 saturated carbocycles. The first-order chi connectivity index (χ1) is 8.65. The van der Waals surface area contributed by atoms with Crippen molar-refractivity contribution < 1.29 is 29.6 Å². The van der Waals surface area contributed by atoms with Crippen LogP contribution in [0, 0.1) is 0 Å². The fourth-order valence-corrected chi connectivity index (χ4v) is 1.92. The van der Waals surface area contributed by atoms with Gasteiger partial charge in [0, 0.05) is 6.92 Å². The van der Waals surface area contributed by atoms with Gasteiger partial charge in [0.05, 0.1) is 12.2 Å². The summed E-state index contributed by atoms with van der Waals surface area (Å²) in [5, 5.41) is 31.4. The molecule has 1 fully saturated rings. The lowest BCUT2D eigenvalue weighted by Gasteiger charge is -2.44. The molecule has 3 unspecified atom stereocenters. The molecule has 1 aliphatic rings. The first-order valence-corrected chi connectivity index (χ1v) is 6.23. The Kier molecular flexibility index (Phi) is 5.28. The van der Waals surface area contributed by atoms with Crippen LogP contribution in [0.25, 0.3) is 0 Å². The van der Waals surface area contributed by atoms with Crippen LogP contribution in [0.3, 0.4) is 0 Å². The number of amides is 1. The van der Waals surface area contributed by atoms with Gasteiger partial charge in [0.1, 0.15) is 24.4 Å².